The molecule has 6 nitrogen and oxygen atoms in total. The number of fused-ring (bicyclic) bond motifs is 1. The molecule has 3 aliphatic rings. The summed E-state index contributed by atoms with van der Waals surface area (Å²) < 4.78 is 11.0. The first-order valence-corrected chi connectivity index (χ1v) is 9.78. The van der Waals surface area contributed by atoms with Gasteiger partial charge in [-0.05, 0) is 37.1 Å². The fourth-order valence-corrected chi connectivity index (χ4v) is 4.03. The predicted octanol–water partition coefficient (Wildman–Crippen LogP) is 2.21. The van der Waals surface area contributed by atoms with E-state index in [9.17, 15) is 9.59 Å². The summed E-state index contributed by atoms with van der Waals surface area (Å²) in [6.07, 6.45) is 3.27. The highest BCUT2D eigenvalue weighted by molar-refractivity contribution is 6.30. The molecule has 0 radical (unpaired) electrons. The Morgan fingerprint density at radius 2 is 1.78 bits per heavy atom. The molecule has 3 aliphatic heterocycles. The molecule has 0 N–H and O–H groups in total. The lowest BCUT2D eigenvalue weighted by Crippen LogP contribution is -2.48. The molecule has 2 amide bonds. The SMILES string of the molecule is O=C(C1=Cc2cc(Cl)ccc2OC1)N1CCC(C(=O)N2CCOCC2)CC1. The first kappa shape index (κ1) is 18.3. The Morgan fingerprint density at radius 3 is 2.52 bits per heavy atom. The number of halogens is 1. The monoisotopic (exact) mass is 390 g/mol. The van der Waals surface area contributed by atoms with Crippen molar-refractivity contribution in [2.24, 2.45) is 5.92 Å². The molecular weight excluding hydrogens is 368 g/mol. The van der Waals surface area contributed by atoms with Crippen molar-refractivity contribution in [3.63, 3.8) is 0 Å². The number of nitrogens with zero attached hydrogens (tertiary/aromatic N) is 2. The van der Waals surface area contributed by atoms with E-state index in [-0.39, 0.29) is 24.3 Å². The predicted molar refractivity (Wildman–Crippen MR) is 102 cm³/mol. The minimum absolute atomic E-state index is 0.00303. The Hall–Kier alpha value is -2.05. The molecular formula is C20H23ClN2O4. The number of carbonyl (C=O) groups is 2. The Morgan fingerprint density at radius 1 is 1.04 bits per heavy atom. The van der Waals surface area contributed by atoms with Crippen LogP contribution in [-0.4, -0.2) is 67.6 Å². The van der Waals surface area contributed by atoms with Gasteiger partial charge in [-0.1, -0.05) is 11.6 Å². The molecule has 2 saturated heterocycles. The highest BCUT2D eigenvalue weighted by Gasteiger charge is 2.32. The Kier molecular flexibility index (Phi) is 5.36. The fraction of sp³-hybridized carbons (Fsp3) is 0.500. The number of morpholine rings is 1. The first-order chi connectivity index (χ1) is 13.1. The van der Waals surface area contributed by atoms with Crippen LogP contribution >= 0.6 is 11.6 Å². The number of piperidine rings is 1. The van der Waals surface area contributed by atoms with Crippen LogP contribution in [0.25, 0.3) is 6.08 Å². The van der Waals surface area contributed by atoms with Gasteiger partial charge in [0.2, 0.25) is 5.91 Å². The highest BCUT2D eigenvalue weighted by atomic mass is 35.5. The maximum atomic E-state index is 12.9. The summed E-state index contributed by atoms with van der Waals surface area (Å²) in [5.74, 6) is 0.932. The molecule has 7 heteroatoms. The van der Waals surface area contributed by atoms with Crippen LogP contribution in [0.15, 0.2) is 23.8 Å². The third kappa shape index (κ3) is 3.96. The van der Waals surface area contributed by atoms with Gasteiger partial charge in [0.05, 0.1) is 18.8 Å². The average Bonchev–Trinajstić information content (AvgIpc) is 2.73. The number of likely N-dealkylation sites (tertiary alicyclic amines) is 1. The quantitative estimate of drug-likeness (QED) is 0.776. The Balaban J connectivity index is 1.37. The fourth-order valence-electron chi connectivity index (χ4n) is 3.85. The molecule has 0 bridgehead atoms. The van der Waals surface area contributed by atoms with Crippen molar-refractivity contribution in [1.82, 2.24) is 9.80 Å². The summed E-state index contributed by atoms with van der Waals surface area (Å²) in [6, 6.07) is 5.39. The lowest BCUT2D eigenvalue weighted by Gasteiger charge is -2.36. The summed E-state index contributed by atoms with van der Waals surface area (Å²) in [5.41, 5.74) is 1.46. The van der Waals surface area contributed by atoms with E-state index in [1.165, 1.54) is 0 Å². The maximum absolute atomic E-state index is 12.9. The third-order valence-corrected chi connectivity index (χ3v) is 5.65. The van der Waals surface area contributed by atoms with Crippen molar-refractivity contribution in [1.29, 1.82) is 0 Å². The number of rotatable bonds is 2. The highest BCUT2D eigenvalue weighted by Crippen LogP contribution is 2.30. The van der Waals surface area contributed by atoms with E-state index in [1.54, 1.807) is 12.1 Å². The first-order valence-electron chi connectivity index (χ1n) is 9.40. The van der Waals surface area contributed by atoms with Crippen molar-refractivity contribution >= 4 is 29.5 Å². The summed E-state index contributed by atoms with van der Waals surface area (Å²) in [7, 11) is 0. The van der Waals surface area contributed by atoms with E-state index in [2.05, 4.69) is 0 Å². The molecule has 144 valence electrons. The molecule has 4 rings (SSSR count). The van der Waals surface area contributed by atoms with E-state index in [4.69, 9.17) is 21.1 Å². The van der Waals surface area contributed by atoms with Crippen molar-refractivity contribution < 1.29 is 19.1 Å². The van der Waals surface area contributed by atoms with E-state index >= 15 is 0 Å². The van der Waals surface area contributed by atoms with Gasteiger partial charge in [0.1, 0.15) is 12.4 Å². The molecule has 0 aliphatic carbocycles. The topological polar surface area (TPSA) is 59.1 Å². The molecule has 0 spiro atoms. The van der Waals surface area contributed by atoms with Gasteiger partial charge in [-0.25, -0.2) is 0 Å². The molecule has 1 aromatic rings. The van der Waals surface area contributed by atoms with Crippen molar-refractivity contribution in [2.75, 3.05) is 46.0 Å². The lowest BCUT2D eigenvalue weighted by atomic mass is 9.94. The Labute approximate surface area is 163 Å². The van der Waals surface area contributed by atoms with Crippen LogP contribution in [0.1, 0.15) is 18.4 Å². The standard InChI is InChI=1S/C20H23ClN2O4/c21-17-1-2-18-15(12-17)11-16(13-27-18)20(25)22-5-3-14(4-6-22)19(24)23-7-9-26-10-8-23/h1-2,11-12,14H,3-10,13H2. The molecule has 2 fully saturated rings. The molecule has 3 heterocycles. The second-order valence-corrected chi connectivity index (χ2v) is 7.58. The minimum atomic E-state index is -0.0158. The largest absolute Gasteiger partial charge is 0.488 e. The van der Waals surface area contributed by atoms with Crippen molar-refractivity contribution in [3.05, 3.63) is 34.4 Å². The van der Waals surface area contributed by atoms with Gasteiger partial charge in [-0.15, -0.1) is 0 Å². The van der Waals surface area contributed by atoms with Gasteiger partial charge in [0.25, 0.3) is 5.91 Å². The zero-order valence-electron chi connectivity index (χ0n) is 15.2. The zero-order chi connectivity index (χ0) is 18.8. The van der Waals surface area contributed by atoms with Crippen LogP contribution in [0.4, 0.5) is 0 Å². The summed E-state index contributed by atoms with van der Waals surface area (Å²) in [5, 5.41) is 0.615. The number of carbonyl (C=O) groups excluding carboxylic acids is 2. The second-order valence-electron chi connectivity index (χ2n) is 7.14. The number of amides is 2. The molecule has 0 saturated carbocycles. The smallest absolute Gasteiger partial charge is 0.253 e. The van der Waals surface area contributed by atoms with E-state index in [0.717, 1.165) is 11.3 Å². The number of benzene rings is 1. The third-order valence-electron chi connectivity index (χ3n) is 5.41. The summed E-state index contributed by atoms with van der Waals surface area (Å²) >= 11 is 6.04. The van der Waals surface area contributed by atoms with Crippen LogP contribution in [0.2, 0.25) is 5.02 Å². The van der Waals surface area contributed by atoms with Gasteiger partial charge >= 0.3 is 0 Å². The van der Waals surface area contributed by atoms with Gasteiger partial charge in [0, 0.05) is 42.7 Å². The van der Waals surface area contributed by atoms with Gasteiger partial charge in [0.15, 0.2) is 0 Å². The molecule has 0 unspecified atom stereocenters. The molecule has 0 atom stereocenters. The minimum Gasteiger partial charge on any atom is -0.488 e. The molecule has 0 aromatic heterocycles. The Bertz CT molecular complexity index is 765. The van der Waals surface area contributed by atoms with Crippen molar-refractivity contribution in [3.8, 4) is 5.75 Å². The van der Waals surface area contributed by atoms with Crippen molar-refractivity contribution in [2.45, 2.75) is 12.8 Å². The molecule has 27 heavy (non-hydrogen) atoms. The maximum Gasteiger partial charge on any atom is 0.253 e. The number of hydrogen-bond donors (Lipinski definition) is 0. The van der Waals surface area contributed by atoms with Crippen LogP contribution in [0.3, 0.4) is 0 Å². The van der Waals surface area contributed by atoms with Gasteiger partial charge in [-0.3, -0.25) is 9.59 Å². The normalized spacial score (nSPS) is 20.6. The van der Waals surface area contributed by atoms with E-state index < -0.39 is 0 Å². The zero-order valence-corrected chi connectivity index (χ0v) is 15.9. The average molecular weight is 391 g/mol. The van der Waals surface area contributed by atoms with Crippen LogP contribution in [-0.2, 0) is 14.3 Å². The van der Waals surface area contributed by atoms with Gasteiger partial charge in [-0.2, -0.15) is 0 Å². The van der Waals surface area contributed by atoms with Gasteiger partial charge < -0.3 is 19.3 Å². The lowest BCUT2D eigenvalue weighted by molar-refractivity contribution is -0.143. The van der Waals surface area contributed by atoms with E-state index in [0.29, 0.717) is 62.8 Å². The van der Waals surface area contributed by atoms with Crippen LogP contribution in [0.5, 0.6) is 5.75 Å². The summed E-state index contributed by atoms with van der Waals surface area (Å²) in [4.78, 5) is 29.2. The molecule has 1 aromatic carbocycles. The van der Waals surface area contributed by atoms with Crippen LogP contribution in [0, 0.1) is 5.92 Å². The second kappa shape index (κ2) is 7.90. The summed E-state index contributed by atoms with van der Waals surface area (Å²) in [6.45, 7) is 4.03. The number of ether oxygens (including phenoxy) is 2. The van der Waals surface area contributed by atoms with Crippen LogP contribution < -0.4 is 4.74 Å². The van der Waals surface area contributed by atoms with E-state index in [1.807, 2.05) is 21.9 Å². The number of hydrogen-bond acceptors (Lipinski definition) is 4.